The Hall–Kier alpha value is -4.08. The van der Waals surface area contributed by atoms with Crippen LogP contribution in [0.5, 0.6) is 0 Å². The summed E-state index contributed by atoms with van der Waals surface area (Å²) in [5, 5.41) is 4.48. The number of carbonyl (C=O) groups excluding carboxylic acids is 3. The van der Waals surface area contributed by atoms with E-state index in [9.17, 15) is 14.4 Å². The first-order valence-electron chi connectivity index (χ1n) is 11.5. The molecule has 4 amide bonds. The lowest BCUT2D eigenvalue weighted by Crippen LogP contribution is -2.51. The van der Waals surface area contributed by atoms with Gasteiger partial charge in [-0.2, -0.15) is 5.01 Å². The number of hydrogen-bond acceptors (Lipinski definition) is 6. The normalized spacial score (nSPS) is 15.8. The Labute approximate surface area is 212 Å². The highest BCUT2D eigenvalue weighted by atomic mass is 32.1. The van der Waals surface area contributed by atoms with Crippen molar-refractivity contribution in [2.24, 2.45) is 0 Å². The molecule has 0 radical (unpaired) electrons. The zero-order valence-corrected chi connectivity index (χ0v) is 20.7. The fraction of sp³-hybridized carbons (Fsp3) is 0.185. The Balaban J connectivity index is 1.34. The zero-order valence-electron chi connectivity index (χ0n) is 19.8. The minimum atomic E-state index is -1.44. The summed E-state index contributed by atoms with van der Waals surface area (Å²) in [7, 11) is 1.81. The second kappa shape index (κ2) is 9.52. The van der Waals surface area contributed by atoms with E-state index in [1.54, 1.807) is 66.9 Å². The number of imide groups is 1. The molecule has 1 saturated heterocycles. The summed E-state index contributed by atoms with van der Waals surface area (Å²) in [6, 6.07) is 25.1. The van der Waals surface area contributed by atoms with Gasteiger partial charge in [-0.25, -0.2) is 9.78 Å². The number of urea groups is 1. The first-order valence-corrected chi connectivity index (χ1v) is 12.3. The van der Waals surface area contributed by atoms with Crippen molar-refractivity contribution in [2.45, 2.75) is 18.5 Å². The predicted molar refractivity (Wildman–Crippen MR) is 138 cm³/mol. The number of amides is 4. The topological polar surface area (TPSA) is 94.6 Å². The number of rotatable bonds is 7. The molecule has 1 aromatic heterocycles. The summed E-state index contributed by atoms with van der Waals surface area (Å²) in [5.41, 5.74) is 3.20. The monoisotopic (exact) mass is 499 g/mol. The molecule has 8 nitrogen and oxygen atoms in total. The molecule has 0 spiro atoms. The molecular formula is C27H25N5O3S. The van der Waals surface area contributed by atoms with Gasteiger partial charge in [-0.1, -0.05) is 72.8 Å². The number of fused-ring (bicyclic) bond motifs is 1. The van der Waals surface area contributed by atoms with E-state index in [1.165, 1.54) is 0 Å². The molecule has 4 aromatic rings. The third kappa shape index (κ3) is 4.12. The minimum absolute atomic E-state index is 0.0299. The van der Waals surface area contributed by atoms with Crippen molar-refractivity contribution in [3.05, 3.63) is 101 Å². The van der Waals surface area contributed by atoms with Crippen LogP contribution >= 0.6 is 11.3 Å². The van der Waals surface area contributed by atoms with Crippen molar-refractivity contribution in [1.82, 2.24) is 25.6 Å². The average Bonchev–Trinajstić information content (AvgIpc) is 3.44. The smallest absolute Gasteiger partial charge is 0.314 e. The number of benzene rings is 3. The van der Waals surface area contributed by atoms with Gasteiger partial charge < -0.3 is 5.32 Å². The molecule has 9 heteroatoms. The van der Waals surface area contributed by atoms with E-state index < -0.39 is 23.4 Å². The SMILES string of the molecule is CC(c1nc2ccccc2s1)N(C)CC(=O)NN1C(=O)NC(c2ccccc2)(c2ccccc2)C1=O. The van der Waals surface area contributed by atoms with E-state index in [0.29, 0.717) is 11.1 Å². The second-order valence-corrected chi connectivity index (χ2v) is 9.76. The molecule has 182 valence electrons. The maximum Gasteiger partial charge on any atom is 0.344 e. The van der Waals surface area contributed by atoms with Gasteiger partial charge in [0.2, 0.25) is 0 Å². The Morgan fingerprint density at radius 1 is 1.00 bits per heavy atom. The molecule has 1 aliphatic rings. The van der Waals surface area contributed by atoms with Crippen LogP contribution in [0.3, 0.4) is 0 Å². The first-order chi connectivity index (χ1) is 17.4. The highest BCUT2D eigenvalue weighted by Crippen LogP contribution is 2.35. The molecule has 1 atom stereocenters. The Kier molecular flexibility index (Phi) is 6.26. The summed E-state index contributed by atoms with van der Waals surface area (Å²) in [6.45, 7) is 1.94. The zero-order chi connectivity index (χ0) is 25.3. The van der Waals surface area contributed by atoms with Gasteiger partial charge in [-0.05, 0) is 37.2 Å². The van der Waals surface area contributed by atoms with Gasteiger partial charge >= 0.3 is 6.03 Å². The van der Waals surface area contributed by atoms with Crippen molar-refractivity contribution in [1.29, 1.82) is 0 Å². The van der Waals surface area contributed by atoms with E-state index >= 15 is 0 Å². The molecule has 1 aliphatic heterocycles. The molecule has 0 aliphatic carbocycles. The summed E-state index contributed by atoms with van der Waals surface area (Å²) >= 11 is 1.58. The van der Waals surface area contributed by atoms with Gasteiger partial charge in [-0.15, -0.1) is 11.3 Å². The Morgan fingerprint density at radius 3 is 2.19 bits per heavy atom. The lowest BCUT2D eigenvalue weighted by atomic mass is 9.83. The number of nitrogens with zero attached hydrogens (tertiary/aromatic N) is 3. The fourth-order valence-corrected chi connectivity index (χ4v) is 5.43. The third-order valence-electron chi connectivity index (χ3n) is 6.39. The van der Waals surface area contributed by atoms with Gasteiger partial charge in [0.25, 0.3) is 11.8 Å². The predicted octanol–water partition coefficient (Wildman–Crippen LogP) is 3.82. The average molecular weight is 500 g/mol. The molecule has 0 bridgehead atoms. The fourth-order valence-electron chi connectivity index (χ4n) is 4.35. The molecule has 36 heavy (non-hydrogen) atoms. The third-order valence-corrected chi connectivity index (χ3v) is 7.60. The van der Waals surface area contributed by atoms with Crippen LogP contribution in [-0.2, 0) is 15.1 Å². The molecule has 2 heterocycles. The van der Waals surface area contributed by atoms with E-state index in [-0.39, 0.29) is 12.6 Å². The van der Waals surface area contributed by atoms with Gasteiger partial charge in [0.1, 0.15) is 5.01 Å². The Bertz CT molecular complexity index is 1350. The summed E-state index contributed by atoms with van der Waals surface area (Å²) in [5.74, 6) is -1.05. The highest BCUT2D eigenvalue weighted by molar-refractivity contribution is 7.18. The standard InChI is InChI=1S/C27H25N5O3S/c1-18(24-28-21-15-9-10-16-22(21)36-24)31(2)17-23(33)30-32-25(34)27(29-26(32)35,19-11-5-3-6-12-19)20-13-7-4-8-14-20/h3-16,18H,17H2,1-2H3,(H,29,35)(H,30,33). The van der Waals surface area contributed by atoms with Crippen molar-refractivity contribution in [3.8, 4) is 0 Å². The van der Waals surface area contributed by atoms with E-state index in [2.05, 4.69) is 15.7 Å². The van der Waals surface area contributed by atoms with Crippen molar-refractivity contribution in [2.75, 3.05) is 13.6 Å². The molecule has 3 aromatic carbocycles. The molecule has 5 rings (SSSR count). The van der Waals surface area contributed by atoms with Crippen LogP contribution in [0.25, 0.3) is 10.2 Å². The largest absolute Gasteiger partial charge is 0.344 e. The molecule has 1 unspecified atom stereocenters. The maximum absolute atomic E-state index is 13.7. The van der Waals surface area contributed by atoms with E-state index in [0.717, 1.165) is 20.2 Å². The van der Waals surface area contributed by atoms with Gasteiger partial charge in [0.15, 0.2) is 5.54 Å². The molecule has 1 fully saturated rings. The number of hydrazine groups is 1. The number of thiazole rings is 1. The molecule has 0 saturated carbocycles. The van der Waals surface area contributed by atoms with Crippen LogP contribution in [0.4, 0.5) is 4.79 Å². The van der Waals surface area contributed by atoms with E-state index in [4.69, 9.17) is 0 Å². The Morgan fingerprint density at radius 2 is 1.58 bits per heavy atom. The van der Waals surface area contributed by atoms with Crippen molar-refractivity contribution >= 4 is 39.4 Å². The highest BCUT2D eigenvalue weighted by Gasteiger charge is 2.54. The van der Waals surface area contributed by atoms with Crippen LogP contribution in [0.1, 0.15) is 29.1 Å². The summed E-state index contributed by atoms with van der Waals surface area (Å²) in [4.78, 5) is 46.1. The number of hydrogen-bond donors (Lipinski definition) is 2. The number of nitrogens with one attached hydrogen (secondary N) is 2. The van der Waals surface area contributed by atoms with E-state index in [1.807, 2.05) is 48.2 Å². The van der Waals surface area contributed by atoms with Crippen molar-refractivity contribution in [3.63, 3.8) is 0 Å². The maximum atomic E-state index is 13.7. The van der Waals surface area contributed by atoms with Gasteiger partial charge in [-0.3, -0.25) is 19.9 Å². The molecular weight excluding hydrogens is 474 g/mol. The van der Waals surface area contributed by atoms with Crippen LogP contribution in [0, 0.1) is 0 Å². The lowest BCUT2D eigenvalue weighted by molar-refractivity contribution is -0.138. The summed E-state index contributed by atoms with van der Waals surface area (Å²) in [6.07, 6.45) is 0. The lowest BCUT2D eigenvalue weighted by Gasteiger charge is -2.28. The van der Waals surface area contributed by atoms with Crippen molar-refractivity contribution < 1.29 is 14.4 Å². The van der Waals surface area contributed by atoms with Crippen LogP contribution in [-0.4, -0.2) is 46.3 Å². The van der Waals surface area contributed by atoms with Gasteiger partial charge in [0, 0.05) is 0 Å². The molecule has 2 N–H and O–H groups in total. The van der Waals surface area contributed by atoms with Crippen LogP contribution in [0.15, 0.2) is 84.9 Å². The summed E-state index contributed by atoms with van der Waals surface area (Å²) < 4.78 is 1.08. The first kappa shape index (κ1) is 23.7. The second-order valence-electron chi connectivity index (χ2n) is 8.70. The van der Waals surface area contributed by atoms with Crippen LogP contribution < -0.4 is 10.7 Å². The quantitative estimate of drug-likeness (QED) is 0.377. The number of likely N-dealkylation sites (N-methyl/N-ethyl adjacent to an activating group) is 1. The number of aromatic nitrogens is 1. The number of para-hydroxylation sites is 1. The number of carbonyl (C=O) groups is 3. The van der Waals surface area contributed by atoms with Gasteiger partial charge in [0.05, 0.1) is 22.8 Å². The van der Waals surface area contributed by atoms with Crippen LogP contribution in [0.2, 0.25) is 0 Å². The minimum Gasteiger partial charge on any atom is -0.314 e.